The van der Waals surface area contributed by atoms with Gasteiger partial charge in [-0.1, -0.05) is 36.4 Å². The number of aromatic carboxylic acids is 1. The third kappa shape index (κ3) is 3.53. The zero-order chi connectivity index (χ0) is 21.4. The highest BCUT2D eigenvalue weighted by molar-refractivity contribution is 7.99. The normalized spacial score (nSPS) is 11.3. The first kappa shape index (κ1) is 20.3. The molecule has 0 amide bonds. The van der Waals surface area contributed by atoms with Crippen LogP contribution < -0.4 is 5.73 Å². The van der Waals surface area contributed by atoms with E-state index in [1.165, 1.54) is 23.9 Å². The van der Waals surface area contributed by atoms with Gasteiger partial charge in [-0.25, -0.2) is 9.18 Å². The second-order valence-electron chi connectivity index (χ2n) is 6.70. The number of rotatable bonds is 6. The highest BCUT2D eigenvalue weighted by atomic mass is 35.5. The third-order valence-electron chi connectivity index (χ3n) is 4.64. The molecule has 2 aromatic heterocycles. The molecular weight excluding hydrogens is 427 g/mol. The van der Waals surface area contributed by atoms with Gasteiger partial charge in [-0.05, 0) is 36.8 Å². The van der Waals surface area contributed by atoms with Gasteiger partial charge in [0.25, 0.3) is 0 Å². The van der Waals surface area contributed by atoms with Crippen molar-refractivity contribution in [1.29, 1.82) is 0 Å². The Labute approximate surface area is 181 Å². The molecule has 0 bridgehead atoms. The van der Waals surface area contributed by atoms with Gasteiger partial charge in [0.1, 0.15) is 5.82 Å². The van der Waals surface area contributed by atoms with Crippen molar-refractivity contribution in [3.63, 3.8) is 0 Å². The minimum atomic E-state index is -1.02. The van der Waals surface area contributed by atoms with Crippen molar-refractivity contribution in [3.05, 3.63) is 65.2 Å². The molecule has 0 aliphatic rings. The van der Waals surface area contributed by atoms with Gasteiger partial charge in [0.05, 0.1) is 32.9 Å². The molecule has 0 unspecified atom stereocenters. The molecule has 154 valence electrons. The number of nitrogens with two attached hydrogens (primary N) is 1. The standard InChI is InChI=1S/C21H18ClFN4O2S/c1-2-8-26-11-13(10-25-26)27-18-15(6-7-16(22)17(18)23)19(20(27)24)30-14-5-3-4-12(9-14)21(28)29/h3-7,9-11H,2,8,24H2,1H3,(H,28,29). The molecule has 4 aromatic rings. The Bertz CT molecular complexity index is 1270. The summed E-state index contributed by atoms with van der Waals surface area (Å²) in [5, 5.41) is 14.2. The zero-order valence-corrected chi connectivity index (χ0v) is 17.5. The number of carbonyl (C=O) groups is 1. The summed E-state index contributed by atoms with van der Waals surface area (Å²) in [6.45, 7) is 2.77. The van der Waals surface area contributed by atoms with E-state index in [1.54, 1.807) is 45.9 Å². The number of nitrogens with zero attached hydrogens (tertiary/aromatic N) is 3. The Balaban J connectivity index is 1.90. The van der Waals surface area contributed by atoms with Crippen molar-refractivity contribution in [2.45, 2.75) is 29.7 Å². The van der Waals surface area contributed by atoms with E-state index in [4.69, 9.17) is 17.3 Å². The molecule has 6 nitrogen and oxygen atoms in total. The summed E-state index contributed by atoms with van der Waals surface area (Å²) in [5.74, 6) is -1.27. The Kier molecular flexibility index (Phi) is 5.44. The first-order valence-corrected chi connectivity index (χ1v) is 10.4. The van der Waals surface area contributed by atoms with Crippen LogP contribution in [0.25, 0.3) is 16.6 Å². The summed E-state index contributed by atoms with van der Waals surface area (Å²) in [6.07, 6.45) is 4.34. The fraction of sp³-hybridized carbons (Fsp3) is 0.143. The van der Waals surface area contributed by atoms with E-state index in [9.17, 15) is 9.90 Å². The van der Waals surface area contributed by atoms with Crippen LogP contribution in [0.15, 0.2) is 58.6 Å². The Morgan fingerprint density at radius 2 is 2.13 bits per heavy atom. The number of hydrogen-bond donors (Lipinski definition) is 2. The highest BCUT2D eigenvalue weighted by Crippen LogP contribution is 2.43. The van der Waals surface area contributed by atoms with Gasteiger partial charge >= 0.3 is 5.97 Å². The lowest BCUT2D eigenvalue weighted by Gasteiger charge is -2.07. The molecule has 2 heterocycles. The van der Waals surface area contributed by atoms with E-state index in [2.05, 4.69) is 5.10 Å². The van der Waals surface area contributed by atoms with E-state index in [0.717, 1.165) is 13.0 Å². The van der Waals surface area contributed by atoms with Gasteiger partial charge in [0.15, 0.2) is 5.82 Å². The van der Waals surface area contributed by atoms with Crippen LogP contribution in [0, 0.1) is 5.82 Å². The Hall–Kier alpha value is -2.97. The van der Waals surface area contributed by atoms with E-state index in [-0.39, 0.29) is 16.1 Å². The number of aryl methyl sites for hydroxylation is 1. The molecule has 0 atom stereocenters. The predicted octanol–water partition coefficient (Wildman–Crippen LogP) is 5.46. The monoisotopic (exact) mass is 444 g/mol. The molecule has 0 aliphatic carbocycles. The molecule has 4 rings (SSSR count). The molecule has 0 fully saturated rings. The number of hydrogen-bond acceptors (Lipinski definition) is 4. The van der Waals surface area contributed by atoms with E-state index in [1.807, 2.05) is 6.92 Å². The molecule has 0 saturated carbocycles. The summed E-state index contributed by atoms with van der Waals surface area (Å²) in [7, 11) is 0. The van der Waals surface area contributed by atoms with E-state index >= 15 is 4.39 Å². The van der Waals surface area contributed by atoms with Gasteiger partial charge in [0, 0.05) is 23.0 Å². The van der Waals surface area contributed by atoms with Crippen LogP contribution >= 0.6 is 23.4 Å². The van der Waals surface area contributed by atoms with Gasteiger partial charge in [-0.3, -0.25) is 9.25 Å². The van der Waals surface area contributed by atoms with Gasteiger partial charge in [-0.15, -0.1) is 0 Å². The average Bonchev–Trinajstić information content (AvgIpc) is 3.28. The molecule has 2 aromatic carbocycles. The zero-order valence-electron chi connectivity index (χ0n) is 16.0. The Morgan fingerprint density at radius 1 is 1.33 bits per heavy atom. The second-order valence-corrected chi connectivity index (χ2v) is 8.19. The molecule has 0 radical (unpaired) electrons. The SMILES string of the molecule is CCCn1cc(-n2c(N)c(Sc3cccc(C(=O)O)c3)c3ccc(Cl)c(F)c32)cn1. The Morgan fingerprint density at radius 3 is 2.87 bits per heavy atom. The van der Waals surface area contributed by atoms with Crippen LogP contribution in [0.4, 0.5) is 10.2 Å². The maximum Gasteiger partial charge on any atom is 0.335 e. The summed E-state index contributed by atoms with van der Waals surface area (Å²) in [4.78, 5) is 12.6. The number of carboxylic acid groups (broad SMARTS) is 1. The quantitative estimate of drug-likeness (QED) is 0.412. The maximum atomic E-state index is 15.1. The van der Waals surface area contributed by atoms with Crippen LogP contribution in [0.1, 0.15) is 23.7 Å². The highest BCUT2D eigenvalue weighted by Gasteiger charge is 2.22. The lowest BCUT2D eigenvalue weighted by Crippen LogP contribution is -2.01. The van der Waals surface area contributed by atoms with Crippen LogP contribution in [-0.2, 0) is 6.54 Å². The minimum absolute atomic E-state index is 0.00776. The predicted molar refractivity (Wildman–Crippen MR) is 116 cm³/mol. The number of benzene rings is 2. The van der Waals surface area contributed by atoms with Crippen LogP contribution in [0.3, 0.4) is 0 Å². The van der Waals surface area contributed by atoms with Crippen molar-refractivity contribution in [2.24, 2.45) is 0 Å². The number of halogens is 2. The van der Waals surface area contributed by atoms with E-state index < -0.39 is 11.8 Å². The van der Waals surface area contributed by atoms with Crippen LogP contribution in [-0.4, -0.2) is 25.4 Å². The molecule has 0 spiro atoms. The van der Waals surface area contributed by atoms with Crippen molar-refractivity contribution in [1.82, 2.24) is 14.3 Å². The minimum Gasteiger partial charge on any atom is -0.478 e. The maximum absolute atomic E-state index is 15.1. The summed E-state index contributed by atoms with van der Waals surface area (Å²) in [5.41, 5.74) is 7.52. The van der Waals surface area contributed by atoms with Gasteiger partial charge in [0.2, 0.25) is 0 Å². The number of nitrogen functional groups attached to an aromatic ring is 1. The van der Waals surface area contributed by atoms with Gasteiger partial charge < -0.3 is 10.8 Å². The van der Waals surface area contributed by atoms with Crippen molar-refractivity contribution in [3.8, 4) is 5.69 Å². The topological polar surface area (TPSA) is 86.1 Å². The molecule has 3 N–H and O–H groups in total. The lowest BCUT2D eigenvalue weighted by atomic mass is 10.2. The molecular formula is C21H18ClFN4O2S. The average molecular weight is 445 g/mol. The fourth-order valence-corrected chi connectivity index (χ4v) is 4.50. The van der Waals surface area contributed by atoms with E-state index in [0.29, 0.717) is 26.7 Å². The molecule has 0 saturated heterocycles. The van der Waals surface area contributed by atoms with Crippen molar-refractivity contribution < 1.29 is 14.3 Å². The molecule has 30 heavy (non-hydrogen) atoms. The lowest BCUT2D eigenvalue weighted by molar-refractivity contribution is 0.0696. The first-order chi connectivity index (χ1) is 14.4. The van der Waals surface area contributed by atoms with Crippen molar-refractivity contribution >= 4 is 46.1 Å². The molecule has 0 aliphatic heterocycles. The second kappa shape index (κ2) is 8.04. The number of anilines is 1. The first-order valence-electron chi connectivity index (χ1n) is 9.22. The smallest absolute Gasteiger partial charge is 0.335 e. The number of aromatic nitrogens is 3. The van der Waals surface area contributed by atoms with Crippen molar-refractivity contribution in [2.75, 3.05) is 5.73 Å². The fourth-order valence-electron chi connectivity index (χ4n) is 3.31. The van der Waals surface area contributed by atoms with Crippen LogP contribution in [0.5, 0.6) is 0 Å². The molecule has 9 heteroatoms. The number of fused-ring (bicyclic) bond motifs is 1. The summed E-state index contributed by atoms with van der Waals surface area (Å²) in [6, 6.07) is 9.72. The summed E-state index contributed by atoms with van der Waals surface area (Å²) >= 11 is 7.33. The number of carboxylic acids is 1. The van der Waals surface area contributed by atoms with Gasteiger partial charge in [-0.2, -0.15) is 5.10 Å². The third-order valence-corrected chi connectivity index (χ3v) is 6.06. The largest absolute Gasteiger partial charge is 0.478 e. The van der Waals surface area contributed by atoms with Crippen LogP contribution in [0.2, 0.25) is 5.02 Å². The summed E-state index contributed by atoms with van der Waals surface area (Å²) < 4.78 is 18.4.